The van der Waals surface area contributed by atoms with Crippen LogP contribution in [0, 0.1) is 12.8 Å². The van der Waals surface area contributed by atoms with Crippen LogP contribution in [0.5, 0.6) is 5.75 Å². The average Bonchev–Trinajstić information content (AvgIpc) is 2.70. The lowest BCUT2D eigenvalue weighted by atomic mass is 10.1. The minimum Gasteiger partial charge on any atom is -0.484 e. The number of amides is 2. The van der Waals surface area contributed by atoms with E-state index in [-0.39, 0.29) is 25.0 Å². The van der Waals surface area contributed by atoms with Crippen molar-refractivity contribution in [2.45, 2.75) is 40.3 Å². The first kappa shape index (κ1) is 22.8. The van der Waals surface area contributed by atoms with Gasteiger partial charge in [-0.15, -0.1) is 0 Å². The molecule has 2 rings (SSSR count). The predicted molar refractivity (Wildman–Crippen MR) is 116 cm³/mol. The number of nitrogens with zero attached hydrogens (tertiary/aromatic N) is 1. The van der Waals surface area contributed by atoms with E-state index in [1.807, 2.05) is 63.2 Å². The van der Waals surface area contributed by atoms with Gasteiger partial charge in [0.15, 0.2) is 6.61 Å². The van der Waals surface area contributed by atoms with Crippen LogP contribution < -0.4 is 10.1 Å². The summed E-state index contributed by atoms with van der Waals surface area (Å²) >= 11 is 6.28. The first-order chi connectivity index (χ1) is 13.8. The van der Waals surface area contributed by atoms with Gasteiger partial charge in [0.25, 0.3) is 5.91 Å². The van der Waals surface area contributed by atoms with Gasteiger partial charge in [-0.25, -0.2) is 0 Å². The Kier molecular flexibility index (Phi) is 8.52. The molecule has 0 aliphatic carbocycles. The summed E-state index contributed by atoms with van der Waals surface area (Å²) in [6.45, 7) is 8.37. The van der Waals surface area contributed by atoms with Gasteiger partial charge in [0.05, 0.1) is 0 Å². The number of carbonyl (C=O) groups excluding carboxylic acids is 2. The Labute approximate surface area is 178 Å². The molecular formula is C23H29ClN2O3. The van der Waals surface area contributed by atoms with Crippen LogP contribution in [0.15, 0.2) is 48.5 Å². The van der Waals surface area contributed by atoms with Gasteiger partial charge >= 0.3 is 0 Å². The van der Waals surface area contributed by atoms with Crippen LogP contribution in [-0.2, 0) is 16.1 Å². The first-order valence-electron chi connectivity index (χ1n) is 9.78. The molecule has 1 atom stereocenters. The highest BCUT2D eigenvalue weighted by molar-refractivity contribution is 6.31. The SMILES string of the molecule is Cc1ccc(OCC(=O)N(Cc2ccccc2Cl)C(C)C(=O)NCC(C)C)cc1. The van der Waals surface area contributed by atoms with E-state index in [4.69, 9.17) is 16.3 Å². The van der Waals surface area contributed by atoms with Gasteiger partial charge in [-0.05, 0) is 43.5 Å². The fourth-order valence-electron chi connectivity index (χ4n) is 2.71. The molecule has 0 aromatic heterocycles. The lowest BCUT2D eigenvalue weighted by Gasteiger charge is -2.29. The number of rotatable bonds is 9. The smallest absolute Gasteiger partial charge is 0.261 e. The Morgan fingerprint density at radius 3 is 2.34 bits per heavy atom. The molecule has 0 radical (unpaired) electrons. The maximum absolute atomic E-state index is 13.0. The number of aryl methyl sites for hydroxylation is 1. The largest absolute Gasteiger partial charge is 0.484 e. The quantitative estimate of drug-likeness (QED) is 0.665. The second-order valence-corrected chi connectivity index (χ2v) is 7.94. The lowest BCUT2D eigenvalue weighted by Crippen LogP contribution is -2.49. The van der Waals surface area contributed by atoms with E-state index in [0.717, 1.165) is 11.1 Å². The third kappa shape index (κ3) is 7.09. The Balaban J connectivity index is 2.13. The number of benzene rings is 2. The monoisotopic (exact) mass is 416 g/mol. The van der Waals surface area contributed by atoms with Gasteiger partial charge < -0.3 is 15.0 Å². The van der Waals surface area contributed by atoms with E-state index in [2.05, 4.69) is 5.32 Å². The molecule has 0 spiro atoms. The number of hydrogen-bond donors (Lipinski definition) is 1. The second-order valence-electron chi connectivity index (χ2n) is 7.53. The van der Waals surface area contributed by atoms with Crippen molar-refractivity contribution in [3.63, 3.8) is 0 Å². The molecule has 2 aromatic rings. The highest BCUT2D eigenvalue weighted by Crippen LogP contribution is 2.19. The summed E-state index contributed by atoms with van der Waals surface area (Å²) in [7, 11) is 0. The average molecular weight is 417 g/mol. The standard InChI is InChI=1S/C23H29ClN2O3/c1-16(2)13-25-23(28)18(4)26(14-19-7-5-6-8-21(19)24)22(27)15-29-20-11-9-17(3)10-12-20/h5-12,16,18H,13-15H2,1-4H3,(H,25,28). The molecule has 1 N–H and O–H groups in total. The van der Waals surface area contributed by atoms with Crippen molar-refractivity contribution in [1.29, 1.82) is 0 Å². The van der Waals surface area contributed by atoms with Gasteiger partial charge in [-0.3, -0.25) is 9.59 Å². The molecule has 2 amide bonds. The van der Waals surface area contributed by atoms with Gasteiger partial charge in [-0.2, -0.15) is 0 Å². The topological polar surface area (TPSA) is 58.6 Å². The summed E-state index contributed by atoms with van der Waals surface area (Å²) in [4.78, 5) is 27.1. The first-order valence-corrected chi connectivity index (χ1v) is 10.2. The predicted octanol–water partition coefficient (Wildman–Crippen LogP) is 4.22. The Morgan fingerprint density at radius 2 is 1.72 bits per heavy atom. The number of carbonyl (C=O) groups is 2. The highest BCUT2D eigenvalue weighted by Gasteiger charge is 2.27. The van der Waals surface area contributed by atoms with Crippen molar-refractivity contribution in [3.05, 3.63) is 64.7 Å². The van der Waals surface area contributed by atoms with Crippen molar-refractivity contribution in [2.24, 2.45) is 5.92 Å². The second kappa shape index (κ2) is 10.9. The molecule has 0 aliphatic heterocycles. The van der Waals surface area contributed by atoms with Gasteiger partial charge in [0, 0.05) is 18.1 Å². The van der Waals surface area contributed by atoms with Crippen LogP contribution in [0.4, 0.5) is 0 Å². The van der Waals surface area contributed by atoms with E-state index < -0.39 is 6.04 Å². The van der Waals surface area contributed by atoms with Crippen LogP contribution >= 0.6 is 11.6 Å². The number of halogens is 1. The molecule has 5 nitrogen and oxygen atoms in total. The summed E-state index contributed by atoms with van der Waals surface area (Å²) in [5.74, 6) is 0.453. The molecule has 0 heterocycles. The van der Waals surface area contributed by atoms with Crippen LogP contribution in [0.2, 0.25) is 5.02 Å². The molecule has 6 heteroatoms. The molecule has 29 heavy (non-hydrogen) atoms. The van der Waals surface area contributed by atoms with E-state index >= 15 is 0 Å². The Hall–Kier alpha value is -2.53. The Morgan fingerprint density at radius 1 is 1.07 bits per heavy atom. The summed E-state index contributed by atoms with van der Waals surface area (Å²) in [6.07, 6.45) is 0. The molecule has 0 bridgehead atoms. The minimum absolute atomic E-state index is 0.157. The highest BCUT2D eigenvalue weighted by atomic mass is 35.5. The van der Waals surface area contributed by atoms with Crippen molar-refractivity contribution in [2.75, 3.05) is 13.2 Å². The number of ether oxygens (including phenoxy) is 1. The molecule has 0 aliphatic rings. The van der Waals surface area contributed by atoms with E-state index in [0.29, 0.717) is 23.2 Å². The summed E-state index contributed by atoms with van der Waals surface area (Å²) in [5, 5.41) is 3.45. The van der Waals surface area contributed by atoms with Crippen molar-refractivity contribution < 1.29 is 14.3 Å². The van der Waals surface area contributed by atoms with E-state index in [9.17, 15) is 9.59 Å². The van der Waals surface area contributed by atoms with Gasteiger partial charge in [0.2, 0.25) is 5.91 Å². The van der Waals surface area contributed by atoms with Crippen LogP contribution in [0.1, 0.15) is 31.9 Å². The van der Waals surface area contributed by atoms with Crippen molar-refractivity contribution >= 4 is 23.4 Å². The molecular weight excluding hydrogens is 388 g/mol. The molecule has 0 saturated heterocycles. The zero-order valence-electron chi connectivity index (χ0n) is 17.4. The molecule has 156 valence electrons. The van der Waals surface area contributed by atoms with Crippen LogP contribution in [0.3, 0.4) is 0 Å². The molecule has 1 unspecified atom stereocenters. The minimum atomic E-state index is -0.654. The Bertz CT molecular complexity index is 821. The maximum Gasteiger partial charge on any atom is 0.261 e. The molecule has 0 fully saturated rings. The van der Waals surface area contributed by atoms with E-state index in [1.165, 1.54) is 4.90 Å². The fraction of sp³-hybridized carbons (Fsp3) is 0.391. The van der Waals surface area contributed by atoms with Crippen molar-refractivity contribution in [1.82, 2.24) is 10.2 Å². The number of hydrogen-bond acceptors (Lipinski definition) is 3. The maximum atomic E-state index is 13.0. The molecule has 2 aromatic carbocycles. The summed E-state index contributed by atoms with van der Waals surface area (Å²) in [5.41, 5.74) is 1.89. The van der Waals surface area contributed by atoms with Crippen molar-refractivity contribution in [3.8, 4) is 5.75 Å². The molecule has 0 saturated carbocycles. The summed E-state index contributed by atoms with van der Waals surface area (Å²) in [6, 6.07) is 14.1. The zero-order valence-corrected chi connectivity index (χ0v) is 18.2. The third-order valence-corrected chi connectivity index (χ3v) is 4.90. The fourth-order valence-corrected chi connectivity index (χ4v) is 2.90. The van der Waals surface area contributed by atoms with Gasteiger partial charge in [-0.1, -0.05) is 61.3 Å². The van der Waals surface area contributed by atoms with Crippen LogP contribution in [0.25, 0.3) is 0 Å². The zero-order chi connectivity index (χ0) is 21.4. The lowest BCUT2D eigenvalue weighted by molar-refractivity contribution is -0.142. The number of nitrogens with one attached hydrogen (secondary N) is 1. The summed E-state index contributed by atoms with van der Waals surface area (Å²) < 4.78 is 5.64. The van der Waals surface area contributed by atoms with Crippen LogP contribution in [-0.4, -0.2) is 35.9 Å². The normalized spacial score (nSPS) is 11.8. The third-order valence-electron chi connectivity index (χ3n) is 4.53. The van der Waals surface area contributed by atoms with E-state index in [1.54, 1.807) is 13.0 Å². The van der Waals surface area contributed by atoms with Gasteiger partial charge in [0.1, 0.15) is 11.8 Å².